The Balaban J connectivity index is 2.33. The Hall–Kier alpha value is -0.900. The molecule has 4 heteroatoms. The summed E-state index contributed by atoms with van der Waals surface area (Å²) < 4.78 is 7.24. The van der Waals surface area contributed by atoms with Crippen LogP contribution in [0.15, 0.2) is 12.7 Å². The first-order valence-electron chi connectivity index (χ1n) is 4.05. The van der Waals surface area contributed by atoms with Gasteiger partial charge in [0.25, 0.3) is 0 Å². The Bertz CT molecular complexity index is 275. The largest absolute Gasteiger partial charge is 0.367 e. The topological polar surface area (TPSA) is 43.2 Å². The number of hydrogen-bond donors (Lipinski definition) is 0. The van der Waals surface area contributed by atoms with Crippen molar-refractivity contribution < 1.29 is 4.74 Å². The van der Waals surface area contributed by atoms with Crippen LogP contribution in [0.1, 0.15) is 20.8 Å². The maximum Gasteiger partial charge on any atom is 0.137 e. The number of ether oxygens (including phenoxy) is 1. The molecule has 1 atom stereocenters. The molecule has 2 rings (SSSR count). The SMILES string of the molecule is CC1(C(C)(C)n2cncn2)CO1. The van der Waals surface area contributed by atoms with Crippen LogP contribution in [0.25, 0.3) is 0 Å². The van der Waals surface area contributed by atoms with E-state index in [1.54, 1.807) is 12.7 Å². The quantitative estimate of drug-likeness (QED) is 0.612. The summed E-state index contributed by atoms with van der Waals surface area (Å²) in [5.41, 5.74) is -0.176. The zero-order chi connectivity index (χ0) is 8.82. The molecule has 12 heavy (non-hydrogen) atoms. The third-order valence-corrected chi connectivity index (χ3v) is 2.86. The lowest BCUT2D eigenvalue weighted by molar-refractivity contribution is 0.145. The Morgan fingerprint density at radius 1 is 1.58 bits per heavy atom. The van der Waals surface area contributed by atoms with Crippen LogP contribution in [0.5, 0.6) is 0 Å². The number of rotatable bonds is 2. The van der Waals surface area contributed by atoms with E-state index in [0.29, 0.717) is 0 Å². The summed E-state index contributed by atoms with van der Waals surface area (Å²) in [5, 5.41) is 4.12. The molecule has 0 radical (unpaired) electrons. The van der Waals surface area contributed by atoms with E-state index in [2.05, 4.69) is 30.9 Å². The monoisotopic (exact) mass is 167 g/mol. The predicted octanol–water partition coefficient (Wildman–Crippen LogP) is 0.802. The lowest BCUT2D eigenvalue weighted by Crippen LogP contribution is -2.41. The van der Waals surface area contributed by atoms with Crippen LogP contribution >= 0.6 is 0 Å². The van der Waals surface area contributed by atoms with Gasteiger partial charge >= 0.3 is 0 Å². The normalized spacial score (nSPS) is 28.9. The molecule has 1 saturated heterocycles. The van der Waals surface area contributed by atoms with Crippen molar-refractivity contribution in [3.8, 4) is 0 Å². The van der Waals surface area contributed by atoms with Crippen molar-refractivity contribution in [2.24, 2.45) is 0 Å². The average molecular weight is 167 g/mol. The molecular formula is C8H13N3O. The van der Waals surface area contributed by atoms with Crippen molar-refractivity contribution in [2.75, 3.05) is 6.61 Å². The van der Waals surface area contributed by atoms with Gasteiger partial charge in [-0.15, -0.1) is 0 Å². The van der Waals surface area contributed by atoms with Gasteiger partial charge in [-0.2, -0.15) is 5.10 Å². The van der Waals surface area contributed by atoms with Crippen LogP contribution in [0, 0.1) is 0 Å². The van der Waals surface area contributed by atoms with Crippen LogP contribution in [-0.2, 0) is 10.3 Å². The molecule has 1 fully saturated rings. The van der Waals surface area contributed by atoms with Crippen LogP contribution < -0.4 is 0 Å². The highest BCUT2D eigenvalue weighted by atomic mass is 16.6. The summed E-state index contributed by atoms with van der Waals surface area (Å²) in [4.78, 5) is 3.93. The molecular weight excluding hydrogens is 154 g/mol. The van der Waals surface area contributed by atoms with Crippen molar-refractivity contribution >= 4 is 0 Å². The first-order valence-corrected chi connectivity index (χ1v) is 4.05. The fraction of sp³-hybridized carbons (Fsp3) is 0.750. The zero-order valence-corrected chi connectivity index (χ0v) is 7.61. The molecule has 0 saturated carbocycles. The van der Waals surface area contributed by atoms with Gasteiger partial charge < -0.3 is 4.74 Å². The molecule has 0 aromatic carbocycles. The summed E-state index contributed by atoms with van der Waals surface area (Å²) in [6.45, 7) is 7.11. The Morgan fingerprint density at radius 3 is 2.67 bits per heavy atom. The molecule has 0 amide bonds. The minimum absolute atomic E-state index is 0.0688. The Kier molecular flexibility index (Phi) is 1.33. The second-order valence-corrected chi connectivity index (χ2v) is 3.92. The van der Waals surface area contributed by atoms with E-state index in [4.69, 9.17) is 4.74 Å². The third kappa shape index (κ3) is 0.876. The summed E-state index contributed by atoms with van der Waals surface area (Å²) in [6, 6.07) is 0. The van der Waals surface area contributed by atoms with E-state index in [9.17, 15) is 0 Å². The fourth-order valence-electron chi connectivity index (χ4n) is 1.20. The van der Waals surface area contributed by atoms with Crippen LogP contribution in [0.2, 0.25) is 0 Å². The molecule has 66 valence electrons. The second kappa shape index (κ2) is 2.07. The van der Waals surface area contributed by atoms with Crippen LogP contribution in [-0.4, -0.2) is 27.0 Å². The van der Waals surface area contributed by atoms with Gasteiger partial charge in [-0.25, -0.2) is 9.67 Å². The predicted molar refractivity (Wildman–Crippen MR) is 43.7 cm³/mol. The van der Waals surface area contributed by atoms with Gasteiger partial charge in [0.1, 0.15) is 18.3 Å². The van der Waals surface area contributed by atoms with Gasteiger partial charge in [0, 0.05) is 0 Å². The van der Waals surface area contributed by atoms with Crippen molar-refractivity contribution in [2.45, 2.75) is 31.9 Å². The van der Waals surface area contributed by atoms with E-state index >= 15 is 0 Å². The van der Waals surface area contributed by atoms with Crippen molar-refractivity contribution in [3.05, 3.63) is 12.7 Å². The first kappa shape index (κ1) is 7.73. The van der Waals surface area contributed by atoms with E-state index in [0.717, 1.165) is 6.61 Å². The molecule has 1 aromatic heterocycles. The van der Waals surface area contributed by atoms with Crippen molar-refractivity contribution in [3.63, 3.8) is 0 Å². The smallest absolute Gasteiger partial charge is 0.137 e. The molecule has 0 bridgehead atoms. The molecule has 0 spiro atoms. The molecule has 0 N–H and O–H groups in total. The van der Waals surface area contributed by atoms with Gasteiger partial charge in [-0.05, 0) is 20.8 Å². The highest BCUT2D eigenvalue weighted by Crippen LogP contribution is 2.41. The average Bonchev–Trinajstić information content (AvgIpc) is 2.59. The molecule has 1 aromatic rings. The molecule has 1 unspecified atom stereocenters. The van der Waals surface area contributed by atoms with E-state index in [1.165, 1.54) is 0 Å². The Morgan fingerprint density at radius 2 is 2.25 bits per heavy atom. The second-order valence-electron chi connectivity index (χ2n) is 3.92. The van der Waals surface area contributed by atoms with Crippen LogP contribution in [0.3, 0.4) is 0 Å². The van der Waals surface area contributed by atoms with Crippen LogP contribution in [0.4, 0.5) is 0 Å². The number of aromatic nitrogens is 3. The van der Waals surface area contributed by atoms with E-state index < -0.39 is 0 Å². The summed E-state index contributed by atoms with van der Waals surface area (Å²) in [5.74, 6) is 0. The summed E-state index contributed by atoms with van der Waals surface area (Å²) in [7, 11) is 0. The molecule has 1 aliphatic rings. The van der Waals surface area contributed by atoms with Gasteiger partial charge in [0.05, 0.1) is 12.1 Å². The summed E-state index contributed by atoms with van der Waals surface area (Å²) in [6.07, 6.45) is 3.28. The van der Waals surface area contributed by atoms with Gasteiger partial charge in [0.15, 0.2) is 0 Å². The molecule has 1 aliphatic heterocycles. The number of epoxide rings is 1. The minimum Gasteiger partial charge on any atom is -0.367 e. The van der Waals surface area contributed by atoms with Gasteiger partial charge in [-0.1, -0.05) is 0 Å². The fourth-order valence-corrected chi connectivity index (χ4v) is 1.20. The molecule has 4 nitrogen and oxygen atoms in total. The van der Waals surface area contributed by atoms with Crippen molar-refractivity contribution in [1.29, 1.82) is 0 Å². The van der Waals surface area contributed by atoms with Gasteiger partial charge in [0.2, 0.25) is 0 Å². The first-order chi connectivity index (χ1) is 5.56. The van der Waals surface area contributed by atoms with E-state index in [-0.39, 0.29) is 11.1 Å². The highest BCUT2D eigenvalue weighted by molar-refractivity contribution is 5.03. The maximum atomic E-state index is 5.40. The molecule has 0 aliphatic carbocycles. The van der Waals surface area contributed by atoms with Crippen molar-refractivity contribution in [1.82, 2.24) is 14.8 Å². The lowest BCUT2D eigenvalue weighted by atomic mass is 9.90. The highest BCUT2D eigenvalue weighted by Gasteiger charge is 2.54. The molecule has 2 heterocycles. The third-order valence-electron chi connectivity index (χ3n) is 2.86. The Labute approximate surface area is 71.6 Å². The number of nitrogens with zero attached hydrogens (tertiary/aromatic N) is 3. The maximum absolute atomic E-state index is 5.40. The lowest BCUT2D eigenvalue weighted by Gasteiger charge is -2.28. The zero-order valence-electron chi connectivity index (χ0n) is 7.61. The van der Waals surface area contributed by atoms with E-state index in [1.807, 2.05) is 4.68 Å². The number of hydrogen-bond acceptors (Lipinski definition) is 3. The summed E-state index contributed by atoms with van der Waals surface area (Å²) >= 11 is 0. The minimum atomic E-state index is -0.108. The standard InChI is InChI=1S/C8H13N3O/c1-7(2,8(3)4-12-8)11-6-9-5-10-11/h5-6H,4H2,1-3H3. The van der Waals surface area contributed by atoms with Gasteiger partial charge in [-0.3, -0.25) is 0 Å².